The topological polar surface area (TPSA) is 38.8 Å². The predicted octanol–water partition coefficient (Wildman–Crippen LogP) is 3.49. The Morgan fingerprint density at radius 2 is 1.88 bits per heavy atom. The number of thioether (sulfide) groups is 1. The van der Waals surface area contributed by atoms with E-state index in [-0.39, 0.29) is 23.4 Å². The molecule has 2 aromatic carbocycles. The van der Waals surface area contributed by atoms with Gasteiger partial charge in [-0.25, -0.2) is 0 Å². The monoisotopic (exact) mass is 341 g/mol. The van der Waals surface area contributed by atoms with Gasteiger partial charge < -0.3 is 14.4 Å². The van der Waals surface area contributed by atoms with Gasteiger partial charge in [-0.15, -0.1) is 11.8 Å². The normalized spacial score (nSPS) is 25.8. The van der Waals surface area contributed by atoms with Gasteiger partial charge in [0.2, 0.25) is 5.91 Å². The van der Waals surface area contributed by atoms with Gasteiger partial charge in [-0.2, -0.15) is 0 Å². The van der Waals surface area contributed by atoms with E-state index in [0.29, 0.717) is 6.61 Å². The Morgan fingerprint density at radius 3 is 2.58 bits per heavy atom. The Morgan fingerprint density at radius 1 is 1.12 bits per heavy atom. The second kappa shape index (κ2) is 6.49. The highest BCUT2D eigenvalue weighted by molar-refractivity contribution is 8.00. The summed E-state index contributed by atoms with van der Waals surface area (Å²) in [5.74, 6) is 0.978. The third-order valence-electron chi connectivity index (χ3n) is 4.53. The second-order valence-electron chi connectivity index (χ2n) is 6.01. The zero-order chi connectivity index (χ0) is 16.5. The van der Waals surface area contributed by atoms with E-state index in [0.717, 1.165) is 22.6 Å². The standard InChI is InChI=1S/C19H19NO3S/c1-22-15-9-7-13(8-10-15)19-20-14(12-23-19)11-17(18(20)21)24-16-5-3-2-4-6-16/h2-10,14,17,19H,11-12H2,1H3/t14-,17+,19+/m0/s1. The van der Waals surface area contributed by atoms with Crippen LogP contribution >= 0.6 is 11.8 Å². The lowest BCUT2D eigenvalue weighted by molar-refractivity contribution is -0.133. The summed E-state index contributed by atoms with van der Waals surface area (Å²) in [6.07, 6.45) is 0.556. The van der Waals surface area contributed by atoms with Crippen LogP contribution in [0, 0.1) is 0 Å². The summed E-state index contributed by atoms with van der Waals surface area (Å²) < 4.78 is 11.1. The van der Waals surface area contributed by atoms with Crippen molar-refractivity contribution in [3.63, 3.8) is 0 Å². The summed E-state index contributed by atoms with van der Waals surface area (Å²) in [5, 5.41) is -0.0259. The molecule has 2 aliphatic rings. The summed E-state index contributed by atoms with van der Waals surface area (Å²) >= 11 is 1.65. The summed E-state index contributed by atoms with van der Waals surface area (Å²) in [5.41, 5.74) is 0.997. The van der Waals surface area contributed by atoms with E-state index >= 15 is 0 Å². The van der Waals surface area contributed by atoms with Gasteiger partial charge in [-0.3, -0.25) is 4.79 Å². The van der Waals surface area contributed by atoms with Crippen molar-refractivity contribution < 1.29 is 14.3 Å². The lowest BCUT2D eigenvalue weighted by atomic mass is 10.2. The Balaban J connectivity index is 1.51. The van der Waals surface area contributed by atoms with Gasteiger partial charge in [-0.1, -0.05) is 30.3 Å². The molecule has 2 heterocycles. The second-order valence-corrected chi connectivity index (χ2v) is 7.29. The van der Waals surface area contributed by atoms with Crippen LogP contribution in [0.3, 0.4) is 0 Å². The quantitative estimate of drug-likeness (QED) is 0.853. The minimum atomic E-state index is -0.283. The van der Waals surface area contributed by atoms with Crippen molar-refractivity contribution in [2.45, 2.75) is 28.8 Å². The van der Waals surface area contributed by atoms with Gasteiger partial charge in [0.25, 0.3) is 0 Å². The number of hydrogen-bond acceptors (Lipinski definition) is 4. The molecule has 0 radical (unpaired) electrons. The maximum atomic E-state index is 12.9. The summed E-state index contributed by atoms with van der Waals surface area (Å²) in [4.78, 5) is 16.0. The fourth-order valence-corrected chi connectivity index (χ4v) is 4.52. The van der Waals surface area contributed by atoms with Crippen LogP contribution in [0.1, 0.15) is 18.2 Å². The fourth-order valence-electron chi connectivity index (χ4n) is 3.33. The molecule has 0 aliphatic carbocycles. The van der Waals surface area contributed by atoms with Crippen LogP contribution in [0.4, 0.5) is 0 Å². The van der Waals surface area contributed by atoms with Gasteiger partial charge in [0.05, 0.1) is 25.0 Å². The van der Waals surface area contributed by atoms with Crippen LogP contribution in [-0.2, 0) is 9.53 Å². The molecule has 0 aromatic heterocycles. The van der Waals surface area contributed by atoms with E-state index in [1.165, 1.54) is 0 Å². The van der Waals surface area contributed by atoms with Crippen molar-refractivity contribution in [1.82, 2.24) is 4.90 Å². The van der Waals surface area contributed by atoms with Crippen LogP contribution in [0.5, 0.6) is 5.75 Å². The van der Waals surface area contributed by atoms with Crippen LogP contribution in [0.15, 0.2) is 59.5 Å². The molecule has 3 atom stereocenters. The molecule has 0 saturated carbocycles. The molecule has 124 valence electrons. The van der Waals surface area contributed by atoms with Gasteiger partial charge in [0, 0.05) is 10.5 Å². The van der Waals surface area contributed by atoms with Crippen LogP contribution in [0.2, 0.25) is 0 Å². The molecule has 4 rings (SSSR count). The van der Waals surface area contributed by atoms with Crippen molar-refractivity contribution in [2.75, 3.05) is 13.7 Å². The fraction of sp³-hybridized carbons (Fsp3) is 0.316. The molecule has 4 nitrogen and oxygen atoms in total. The van der Waals surface area contributed by atoms with E-state index in [2.05, 4.69) is 12.1 Å². The van der Waals surface area contributed by atoms with E-state index < -0.39 is 0 Å². The third-order valence-corrected chi connectivity index (χ3v) is 5.75. The van der Waals surface area contributed by atoms with E-state index in [9.17, 15) is 4.79 Å². The van der Waals surface area contributed by atoms with Crippen LogP contribution in [0.25, 0.3) is 0 Å². The number of rotatable bonds is 4. The highest BCUT2D eigenvalue weighted by Gasteiger charge is 2.48. The molecular weight excluding hydrogens is 322 g/mol. The SMILES string of the molecule is COc1ccc([C@H]2OC[C@@H]3C[C@@H](Sc4ccccc4)C(=O)N32)cc1. The number of carbonyl (C=O) groups excluding carboxylic acids is 1. The number of hydrogen-bond donors (Lipinski definition) is 0. The molecule has 0 spiro atoms. The summed E-state index contributed by atoms with van der Waals surface area (Å²) in [7, 11) is 1.65. The van der Waals surface area contributed by atoms with Gasteiger partial charge >= 0.3 is 0 Å². The highest BCUT2D eigenvalue weighted by atomic mass is 32.2. The minimum Gasteiger partial charge on any atom is -0.497 e. The smallest absolute Gasteiger partial charge is 0.238 e. The molecule has 1 amide bonds. The van der Waals surface area contributed by atoms with Gasteiger partial charge in [0.15, 0.2) is 6.23 Å². The number of nitrogens with zero attached hydrogens (tertiary/aromatic N) is 1. The average Bonchev–Trinajstić information content (AvgIpc) is 3.17. The molecule has 5 heteroatoms. The van der Waals surface area contributed by atoms with E-state index in [4.69, 9.17) is 9.47 Å². The highest BCUT2D eigenvalue weighted by Crippen LogP contribution is 2.42. The lowest BCUT2D eigenvalue weighted by Gasteiger charge is -2.23. The first kappa shape index (κ1) is 15.5. The molecule has 24 heavy (non-hydrogen) atoms. The molecule has 0 bridgehead atoms. The number of benzene rings is 2. The molecule has 2 saturated heterocycles. The summed E-state index contributed by atoms with van der Waals surface area (Å²) in [6.45, 7) is 0.605. The molecule has 0 N–H and O–H groups in total. The van der Waals surface area contributed by atoms with E-state index in [1.807, 2.05) is 47.4 Å². The number of methoxy groups -OCH3 is 1. The first-order valence-corrected chi connectivity index (χ1v) is 8.93. The van der Waals surface area contributed by atoms with Crippen molar-refractivity contribution in [2.24, 2.45) is 0 Å². The van der Waals surface area contributed by atoms with Crippen molar-refractivity contribution in [3.05, 3.63) is 60.2 Å². The largest absolute Gasteiger partial charge is 0.497 e. The Kier molecular flexibility index (Phi) is 4.21. The van der Waals surface area contributed by atoms with Crippen molar-refractivity contribution in [3.8, 4) is 5.75 Å². The Hall–Kier alpha value is -1.98. The van der Waals surface area contributed by atoms with Gasteiger partial charge in [-0.05, 0) is 30.7 Å². The maximum Gasteiger partial charge on any atom is 0.238 e. The first-order chi connectivity index (χ1) is 11.8. The Bertz CT molecular complexity index is 719. The lowest BCUT2D eigenvalue weighted by Crippen LogP contribution is -2.32. The number of fused-ring (bicyclic) bond motifs is 1. The maximum absolute atomic E-state index is 12.9. The zero-order valence-electron chi connectivity index (χ0n) is 13.4. The van der Waals surface area contributed by atoms with Crippen LogP contribution < -0.4 is 4.74 Å². The minimum absolute atomic E-state index is 0.0259. The number of amides is 1. The molecular formula is C19H19NO3S. The first-order valence-electron chi connectivity index (χ1n) is 8.05. The third kappa shape index (κ3) is 2.78. The number of carbonyl (C=O) groups is 1. The molecule has 0 unspecified atom stereocenters. The van der Waals surface area contributed by atoms with Crippen LogP contribution in [-0.4, -0.2) is 35.8 Å². The summed E-state index contributed by atoms with van der Waals surface area (Å²) in [6, 6.07) is 18.0. The molecule has 2 fully saturated rings. The average molecular weight is 341 g/mol. The molecule has 2 aromatic rings. The zero-order valence-corrected chi connectivity index (χ0v) is 14.2. The number of ether oxygens (including phenoxy) is 2. The van der Waals surface area contributed by atoms with E-state index in [1.54, 1.807) is 18.9 Å². The van der Waals surface area contributed by atoms with Crippen molar-refractivity contribution >= 4 is 17.7 Å². The van der Waals surface area contributed by atoms with Gasteiger partial charge in [0.1, 0.15) is 5.75 Å². The van der Waals surface area contributed by atoms with Crippen molar-refractivity contribution in [1.29, 1.82) is 0 Å². The molecule has 2 aliphatic heterocycles. The Labute approximate surface area is 145 Å². The predicted molar refractivity (Wildman–Crippen MR) is 93.0 cm³/mol.